The summed E-state index contributed by atoms with van der Waals surface area (Å²) < 4.78 is 11.2. The molecule has 0 fully saturated rings. The number of hydrogen-bond donors (Lipinski definition) is 0. The molecule has 92 valence electrons. The van der Waals surface area contributed by atoms with Crippen LogP contribution in [0.4, 0.5) is 0 Å². The van der Waals surface area contributed by atoms with Crippen molar-refractivity contribution in [1.29, 1.82) is 0 Å². The molecule has 0 bridgehead atoms. The highest BCUT2D eigenvalue weighted by Crippen LogP contribution is 2.23. The Labute approximate surface area is 102 Å². The van der Waals surface area contributed by atoms with Crippen molar-refractivity contribution in [2.45, 2.75) is 45.5 Å². The van der Waals surface area contributed by atoms with Gasteiger partial charge in [0, 0.05) is 12.3 Å². The molecule has 0 spiro atoms. The molecule has 1 rings (SSSR count). The molecule has 0 aromatic carbocycles. The van der Waals surface area contributed by atoms with E-state index in [1.54, 1.807) is 11.8 Å². The van der Waals surface area contributed by atoms with Gasteiger partial charge < -0.3 is 9.47 Å². The second-order valence-electron chi connectivity index (χ2n) is 3.76. The second-order valence-corrected chi connectivity index (χ2v) is 4.59. The Morgan fingerprint density at radius 2 is 2.38 bits per heavy atom. The van der Waals surface area contributed by atoms with Gasteiger partial charge in [0.15, 0.2) is 6.29 Å². The number of rotatable bonds is 4. The SMILES string of the molecule is C=C1CCCC(OC(C)OCC)C(SC)=N1. The predicted octanol–water partition coefficient (Wildman–Crippen LogP) is 3.21. The molecule has 2 atom stereocenters. The van der Waals surface area contributed by atoms with E-state index in [9.17, 15) is 0 Å². The van der Waals surface area contributed by atoms with Crippen LogP contribution in [-0.4, -0.2) is 30.3 Å². The Bertz CT molecular complexity index is 266. The third-order valence-electron chi connectivity index (χ3n) is 2.44. The minimum Gasteiger partial charge on any atom is -0.353 e. The summed E-state index contributed by atoms with van der Waals surface area (Å²) in [6.07, 6.45) is 4.97. The maximum absolute atomic E-state index is 5.85. The topological polar surface area (TPSA) is 30.8 Å². The molecule has 16 heavy (non-hydrogen) atoms. The van der Waals surface area contributed by atoms with Gasteiger partial charge in [-0.1, -0.05) is 6.58 Å². The van der Waals surface area contributed by atoms with Crippen molar-refractivity contribution in [3.63, 3.8) is 0 Å². The molecule has 1 heterocycles. The van der Waals surface area contributed by atoms with Crippen LogP contribution in [0.3, 0.4) is 0 Å². The summed E-state index contributed by atoms with van der Waals surface area (Å²) >= 11 is 1.64. The zero-order valence-corrected chi connectivity index (χ0v) is 11.2. The first-order valence-electron chi connectivity index (χ1n) is 5.74. The molecule has 1 aliphatic rings. The van der Waals surface area contributed by atoms with Gasteiger partial charge in [0.1, 0.15) is 11.1 Å². The van der Waals surface area contributed by atoms with Crippen LogP contribution in [0.15, 0.2) is 17.3 Å². The van der Waals surface area contributed by atoms with Gasteiger partial charge in [-0.2, -0.15) is 0 Å². The summed E-state index contributed by atoms with van der Waals surface area (Å²) in [6, 6.07) is 0. The molecule has 2 unspecified atom stereocenters. The van der Waals surface area contributed by atoms with Gasteiger partial charge in [-0.15, -0.1) is 11.8 Å². The number of ether oxygens (including phenoxy) is 2. The van der Waals surface area contributed by atoms with Gasteiger partial charge in [-0.25, -0.2) is 4.99 Å². The van der Waals surface area contributed by atoms with E-state index in [0.29, 0.717) is 6.61 Å². The number of thioether (sulfide) groups is 1. The first-order chi connectivity index (χ1) is 7.67. The van der Waals surface area contributed by atoms with E-state index >= 15 is 0 Å². The third-order valence-corrected chi connectivity index (χ3v) is 3.21. The highest BCUT2D eigenvalue weighted by molar-refractivity contribution is 8.13. The zero-order chi connectivity index (χ0) is 12.0. The lowest BCUT2D eigenvalue weighted by Crippen LogP contribution is -2.27. The van der Waals surface area contributed by atoms with Crippen LogP contribution in [0.5, 0.6) is 0 Å². The average Bonchev–Trinajstić information content (AvgIpc) is 2.41. The molecule has 1 aliphatic heterocycles. The normalized spacial score (nSPS) is 23.8. The Morgan fingerprint density at radius 3 is 3.00 bits per heavy atom. The fourth-order valence-corrected chi connectivity index (χ4v) is 2.36. The van der Waals surface area contributed by atoms with Gasteiger partial charge in [-0.05, 0) is 39.4 Å². The largest absolute Gasteiger partial charge is 0.353 e. The lowest BCUT2D eigenvalue weighted by molar-refractivity contribution is -0.141. The van der Waals surface area contributed by atoms with Crippen LogP contribution in [0.1, 0.15) is 33.1 Å². The summed E-state index contributed by atoms with van der Waals surface area (Å²) in [5, 5.41) is 1.02. The maximum atomic E-state index is 5.85. The van der Waals surface area contributed by atoms with Crippen molar-refractivity contribution in [3.05, 3.63) is 12.3 Å². The monoisotopic (exact) mass is 243 g/mol. The lowest BCUT2D eigenvalue weighted by Gasteiger charge is -2.21. The van der Waals surface area contributed by atoms with Gasteiger partial charge in [0.05, 0.1) is 0 Å². The Morgan fingerprint density at radius 1 is 1.62 bits per heavy atom. The van der Waals surface area contributed by atoms with Crippen molar-refractivity contribution in [2.75, 3.05) is 12.9 Å². The van der Waals surface area contributed by atoms with Crippen LogP contribution >= 0.6 is 11.8 Å². The van der Waals surface area contributed by atoms with Gasteiger partial charge in [0.2, 0.25) is 0 Å². The number of hydrogen-bond acceptors (Lipinski definition) is 4. The molecule has 0 amide bonds. The summed E-state index contributed by atoms with van der Waals surface area (Å²) in [5.74, 6) is 0. The second kappa shape index (κ2) is 7.09. The average molecular weight is 243 g/mol. The fraction of sp³-hybridized carbons (Fsp3) is 0.750. The smallest absolute Gasteiger partial charge is 0.155 e. The Balaban J connectivity index is 2.61. The summed E-state index contributed by atoms with van der Waals surface area (Å²) in [7, 11) is 0. The van der Waals surface area contributed by atoms with E-state index in [4.69, 9.17) is 9.47 Å². The Hall–Kier alpha value is -0.320. The quantitative estimate of drug-likeness (QED) is 0.710. The lowest BCUT2D eigenvalue weighted by atomic mass is 10.2. The molecular weight excluding hydrogens is 222 g/mol. The number of aliphatic imine (C=N–C) groups is 1. The highest BCUT2D eigenvalue weighted by atomic mass is 32.2. The van der Waals surface area contributed by atoms with Crippen molar-refractivity contribution in [3.8, 4) is 0 Å². The van der Waals surface area contributed by atoms with Crippen molar-refractivity contribution < 1.29 is 9.47 Å². The number of nitrogens with zero attached hydrogens (tertiary/aromatic N) is 1. The standard InChI is InChI=1S/C12H21NO2S/c1-5-14-10(3)15-11-8-6-7-9(2)13-12(11)16-4/h10-11H,2,5-8H2,1,3-4H3. The van der Waals surface area contributed by atoms with E-state index in [1.165, 1.54) is 0 Å². The van der Waals surface area contributed by atoms with Crippen LogP contribution in [-0.2, 0) is 9.47 Å². The molecule has 0 aromatic heterocycles. The van der Waals surface area contributed by atoms with Gasteiger partial charge >= 0.3 is 0 Å². The van der Waals surface area contributed by atoms with E-state index in [0.717, 1.165) is 30.0 Å². The molecule has 4 heteroatoms. The highest BCUT2D eigenvalue weighted by Gasteiger charge is 2.21. The fourth-order valence-electron chi connectivity index (χ4n) is 1.71. The van der Waals surface area contributed by atoms with E-state index in [2.05, 4.69) is 11.6 Å². The Kier molecular flexibility index (Phi) is 6.09. The molecule has 3 nitrogen and oxygen atoms in total. The summed E-state index contributed by atoms with van der Waals surface area (Å²) in [5.41, 5.74) is 0.958. The molecule has 0 saturated heterocycles. The van der Waals surface area contributed by atoms with Crippen LogP contribution in [0.25, 0.3) is 0 Å². The van der Waals surface area contributed by atoms with E-state index in [-0.39, 0.29) is 12.4 Å². The van der Waals surface area contributed by atoms with Gasteiger partial charge in [0.25, 0.3) is 0 Å². The number of allylic oxidation sites excluding steroid dienone is 1. The molecule has 0 N–H and O–H groups in total. The molecule has 0 aromatic rings. The minimum absolute atomic E-state index is 0.0656. The molecule has 0 radical (unpaired) electrons. The van der Waals surface area contributed by atoms with E-state index in [1.807, 2.05) is 20.1 Å². The molecule has 0 saturated carbocycles. The van der Waals surface area contributed by atoms with Crippen molar-refractivity contribution in [2.24, 2.45) is 4.99 Å². The van der Waals surface area contributed by atoms with Crippen molar-refractivity contribution in [1.82, 2.24) is 0 Å². The van der Waals surface area contributed by atoms with Crippen LogP contribution in [0, 0.1) is 0 Å². The summed E-state index contributed by atoms with van der Waals surface area (Å²) in [6.45, 7) is 8.51. The molecular formula is C12H21NO2S. The summed E-state index contributed by atoms with van der Waals surface area (Å²) in [4.78, 5) is 4.49. The molecule has 0 aliphatic carbocycles. The zero-order valence-electron chi connectivity index (χ0n) is 10.4. The maximum Gasteiger partial charge on any atom is 0.155 e. The van der Waals surface area contributed by atoms with Crippen molar-refractivity contribution >= 4 is 16.8 Å². The minimum atomic E-state index is -0.168. The predicted molar refractivity (Wildman–Crippen MR) is 69.9 cm³/mol. The van der Waals surface area contributed by atoms with Crippen LogP contribution < -0.4 is 0 Å². The van der Waals surface area contributed by atoms with Gasteiger partial charge in [-0.3, -0.25) is 0 Å². The van der Waals surface area contributed by atoms with Crippen LogP contribution in [0.2, 0.25) is 0 Å². The third kappa shape index (κ3) is 4.28. The van der Waals surface area contributed by atoms with E-state index < -0.39 is 0 Å². The first kappa shape index (κ1) is 13.7. The first-order valence-corrected chi connectivity index (χ1v) is 6.97.